The molecular weight excluding hydrogens is 189 g/mol. The van der Waals surface area contributed by atoms with Gasteiger partial charge in [0.25, 0.3) is 0 Å². The normalized spacial score (nSPS) is 23.0. The van der Waals surface area contributed by atoms with Gasteiger partial charge in [0.1, 0.15) is 5.82 Å². The molecule has 0 radical (unpaired) electrons. The third-order valence-corrected chi connectivity index (χ3v) is 3.41. The first-order valence-corrected chi connectivity index (χ1v) is 5.68. The first kappa shape index (κ1) is 10.6. The average molecular weight is 207 g/mol. The molecule has 0 bridgehead atoms. The minimum Gasteiger partial charge on any atom is -0.313 e. The Kier molecular flexibility index (Phi) is 3.06. The summed E-state index contributed by atoms with van der Waals surface area (Å²) < 4.78 is 13.1. The molecule has 1 aliphatic heterocycles. The van der Waals surface area contributed by atoms with Crippen LogP contribution in [0.1, 0.15) is 36.8 Å². The van der Waals surface area contributed by atoms with Crippen LogP contribution in [0.15, 0.2) is 18.2 Å². The molecule has 1 nitrogen and oxygen atoms in total. The van der Waals surface area contributed by atoms with E-state index in [9.17, 15) is 4.39 Å². The monoisotopic (exact) mass is 207 g/mol. The van der Waals surface area contributed by atoms with Crippen LogP contribution >= 0.6 is 0 Å². The molecule has 1 aliphatic rings. The fourth-order valence-corrected chi connectivity index (χ4v) is 2.32. The maximum atomic E-state index is 13.1. The predicted molar refractivity (Wildman–Crippen MR) is 60.6 cm³/mol. The Hall–Kier alpha value is -0.890. The van der Waals surface area contributed by atoms with Crippen LogP contribution in [-0.2, 0) is 0 Å². The molecule has 0 amide bonds. The molecule has 1 aromatic rings. The first-order chi connectivity index (χ1) is 7.18. The standard InChI is InChI=1S/C13H18FN/c1-9-8-11(5-6-12(9)14)10(2)13-4-3-7-15-13/h5-6,8,10,13,15H,3-4,7H2,1-2H3. The summed E-state index contributed by atoms with van der Waals surface area (Å²) in [6.07, 6.45) is 2.49. The number of hydrogen-bond acceptors (Lipinski definition) is 1. The van der Waals surface area contributed by atoms with Gasteiger partial charge in [-0.15, -0.1) is 0 Å². The molecule has 2 heteroatoms. The van der Waals surface area contributed by atoms with E-state index in [1.54, 1.807) is 6.07 Å². The van der Waals surface area contributed by atoms with Crippen molar-refractivity contribution in [3.63, 3.8) is 0 Å². The lowest BCUT2D eigenvalue weighted by Gasteiger charge is -2.20. The smallest absolute Gasteiger partial charge is 0.126 e. The molecule has 1 N–H and O–H groups in total. The Bertz CT molecular complexity index is 342. The maximum Gasteiger partial charge on any atom is 0.126 e. The molecule has 1 fully saturated rings. The summed E-state index contributed by atoms with van der Waals surface area (Å²) in [6.45, 7) is 5.17. The van der Waals surface area contributed by atoms with Gasteiger partial charge in [-0.05, 0) is 49.4 Å². The first-order valence-electron chi connectivity index (χ1n) is 5.68. The van der Waals surface area contributed by atoms with Gasteiger partial charge in [0.15, 0.2) is 0 Å². The molecule has 0 saturated carbocycles. The van der Waals surface area contributed by atoms with Crippen LogP contribution in [0, 0.1) is 12.7 Å². The van der Waals surface area contributed by atoms with Crippen molar-refractivity contribution in [2.24, 2.45) is 0 Å². The largest absolute Gasteiger partial charge is 0.313 e. The Morgan fingerprint density at radius 1 is 1.47 bits per heavy atom. The predicted octanol–water partition coefficient (Wildman–Crippen LogP) is 2.99. The zero-order valence-electron chi connectivity index (χ0n) is 9.39. The van der Waals surface area contributed by atoms with Crippen LogP contribution in [-0.4, -0.2) is 12.6 Å². The molecule has 1 saturated heterocycles. The highest BCUT2D eigenvalue weighted by Gasteiger charge is 2.22. The number of rotatable bonds is 2. The highest BCUT2D eigenvalue weighted by atomic mass is 19.1. The number of hydrogen-bond donors (Lipinski definition) is 1. The molecule has 2 rings (SSSR count). The lowest BCUT2D eigenvalue weighted by atomic mass is 9.91. The SMILES string of the molecule is Cc1cc(C(C)C2CCCN2)ccc1F. The van der Waals surface area contributed by atoms with Crippen molar-refractivity contribution in [2.45, 2.75) is 38.6 Å². The minimum absolute atomic E-state index is 0.106. The lowest BCUT2D eigenvalue weighted by Crippen LogP contribution is -2.27. The van der Waals surface area contributed by atoms with E-state index in [0.717, 1.165) is 12.1 Å². The van der Waals surface area contributed by atoms with Crippen molar-refractivity contribution in [1.82, 2.24) is 5.32 Å². The van der Waals surface area contributed by atoms with Crippen molar-refractivity contribution in [3.8, 4) is 0 Å². The summed E-state index contributed by atoms with van der Waals surface area (Å²) in [4.78, 5) is 0. The molecule has 1 aromatic carbocycles. The van der Waals surface area contributed by atoms with Gasteiger partial charge in [-0.3, -0.25) is 0 Å². The highest BCUT2D eigenvalue weighted by Crippen LogP contribution is 2.25. The Labute approximate surface area is 90.7 Å². The zero-order valence-corrected chi connectivity index (χ0v) is 9.39. The fraction of sp³-hybridized carbons (Fsp3) is 0.538. The Morgan fingerprint density at radius 2 is 2.27 bits per heavy atom. The van der Waals surface area contributed by atoms with E-state index < -0.39 is 0 Å². The molecule has 1 heterocycles. The van der Waals surface area contributed by atoms with E-state index in [2.05, 4.69) is 12.2 Å². The summed E-state index contributed by atoms with van der Waals surface area (Å²) in [5.41, 5.74) is 1.99. The van der Waals surface area contributed by atoms with Gasteiger partial charge >= 0.3 is 0 Å². The van der Waals surface area contributed by atoms with Crippen molar-refractivity contribution >= 4 is 0 Å². The van der Waals surface area contributed by atoms with Crippen molar-refractivity contribution in [1.29, 1.82) is 0 Å². The molecule has 15 heavy (non-hydrogen) atoms. The summed E-state index contributed by atoms with van der Waals surface area (Å²) in [5.74, 6) is 0.372. The third-order valence-electron chi connectivity index (χ3n) is 3.41. The van der Waals surface area contributed by atoms with E-state index in [1.807, 2.05) is 19.1 Å². The fourth-order valence-electron chi connectivity index (χ4n) is 2.32. The molecule has 2 atom stereocenters. The molecule has 0 aromatic heterocycles. The summed E-state index contributed by atoms with van der Waals surface area (Å²) in [7, 11) is 0. The van der Waals surface area contributed by atoms with Gasteiger partial charge in [-0.2, -0.15) is 0 Å². The Balaban J connectivity index is 2.17. The van der Waals surface area contributed by atoms with Gasteiger partial charge in [-0.1, -0.05) is 19.1 Å². The van der Waals surface area contributed by atoms with E-state index in [-0.39, 0.29) is 5.82 Å². The molecule has 2 unspecified atom stereocenters. The van der Waals surface area contributed by atoms with Gasteiger partial charge in [0.05, 0.1) is 0 Å². The molecule has 0 aliphatic carbocycles. The molecule has 0 spiro atoms. The van der Waals surface area contributed by atoms with Crippen molar-refractivity contribution in [3.05, 3.63) is 35.1 Å². The number of halogens is 1. The maximum absolute atomic E-state index is 13.1. The van der Waals surface area contributed by atoms with E-state index in [4.69, 9.17) is 0 Å². The quantitative estimate of drug-likeness (QED) is 0.786. The summed E-state index contributed by atoms with van der Waals surface area (Å²) >= 11 is 0. The number of benzene rings is 1. The topological polar surface area (TPSA) is 12.0 Å². The van der Waals surface area contributed by atoms with E-state index in [1.165, 1.54) is 18.4 Å². The van der Waals surface area contributed by atoms with Crippen LogP contribution in [0.4, 0.5) is 4.39 Å². The number of aryl methyl sites for hydroxylation is 1. The molecular formula is C13H18FN. The average Bonchev–Trinajstić information content (AvgIpc) is 2.74. The second kappa shape index (κ2) is 4.31. The van der Waals surface area contributed by atoms with Crippen molar-refractivity contribution in [2.75, 3.05) is 6.54 Å². The zero-order chi connectivity index (χ0) is 10.8. The van der Waals surface area contributed by atoms with E-state index >= 15 is 0 Å². The van der Waals surface area contributed by atoms with Crippen LogP contribution < -0.4 is 5.32 Å². The van der Waals surface area contributed by atoms with Crippen LogP contribution in [0.5, 0.6) is 0 Å². The van der Waals surface area contributed by atoms with Crippen LogP contribution in [0.25, 0.3) is 0 Å². The summed E-state index contributed by atoms with van der Waals surface area (Å²) in [5, 5.41) is 3.50. The van der Waals surface area contributed by atoms with Gasteiger partial charge in [0, 0.05) is 6.04 Å². The lowest BCUT2D eigenvalue weighted by molar-refractivity contribution is 0.516. The second-order valence-electron chi connectivity index (χ2n) is 4.50. The van der Waals surface area contributed by atoms with Crippen LogP contribution in [0.3, 0.4) is 0 Å². The van der Waals surface area contributed by atoms with Gasteiger partial charge in [0.2, 0.25) is 0 Å². The number of nitrogens with one attached hydrogen (secondary N) is 1. The second-order valence-corrected chi connectivity index (χ2v) is 4.50. The highest BCUT2D eigenvalue weighted by molar-refractivity contribution is 5.27. The van der Waals surface area contributed by atoms with Crippen molar-refractivity contribution < 1.29 is 4.39 Å². The minimum atomic E-state index is -0.106. The van der Waals surface area contributed by atoms with Gasteiger partial charge < -0.3 is 5.32 Å². The third kappa shape index (κ3) is 2.20. The van der Waals surface area contributed by atoms with Gasteiger partial charge in [-0.25, -0.2) is 4.39 Å². The van der Waals surface area contributed by atoms with E-state index in [0.29, 0.717) is 12.0 Å². The Morgan fingerprint density at radius 3 is 2.87 bits per heavy atom. The van der Waals surface area contributed by atoms with Crippen LogP contribution in [0.2, 0.25) is 0 Å². The molecule has 82 valence electrons. The summed E-state index contributed by atoms with van der Waals surface area (Å²) in [6, 6.07) is 6.03.